The number of nitrogens with zero attached hydrogens (tertiary/aromatic N) is 1. The van der Waals surface area contributed by atoms with Crippen LogP contribution in [0.5, 0.6) is 0 Å². The molecule has 4 nitrogen and oxygen atoms in total. The van der Waals surface area contributed by atoms with Gasteiger partial charge in [0.25, 0.3) is 0 Å². The SMILES string of the molecule is C=CC(=O)Nc1sc2c(c1C1Nc3ccccc3S1)CCN(C(C)C)C2. The molecule has 0 saturated carbocycles. The molecule has 0 bridgehead atoms. The van der Waals surface area contributed by atoms with Crippen LogP contribution in [-0.2, 0) is 17.8 Å². The van der Waals surface area contributed by atoms with Crippen LogP contribution in [0, 0.1) is 0 Å². The third-order valence-electron chi connectivity index (χ3n) is 4.96. The fourth-order valence-corrected chi connectivity index (χ4v) is 6.16. The maximum absolute atomic E-state index is 12.0. The maximum Gasteiger partial charge on any atom is 0.248 e. The molecular formula is C20H23N3OS2. The zero-order valence-electron chi connectivity index (χ0n) is 15.0. The predicted molar refractivity (Wildman–Crippen MR) is 111 cm³/mol. The lowest BCUT2D eigenvalue weighted by Gasteiger charge is -2.30. The number of anilines is 2. The second-order valence-corrected chi connectivity index (χ2v) is 9.14. The third kappa shape index (κ3) is 3.17. The Balaban J connectivity index is 1.71. The molecule has 0 saturated heterocycles. The van der Waals surface area contributed by atoms with Gasteiger partial charge in [0.1, 0.15) is 10.4 Å². The standard InChI is InChI=1S/C20H23N3OS2/c1-4-17(24)22-20-18(19-21-14-7-5-6-8-15(14)25-19)13-9-10-23(12(2)3)11-16(13)26-20/h4-8,12,19,21H,1,9-11H2,2-3H3,(H,22,24). The molecule has 4 rings (SSSR count). The summed E-state index contributed by atoms with van der Waals surface area (Å²) >= 11 is 3.55. The van der Waals surface area contributed by atoms with Gasteiger partial charge in [0.05, 0.1) is 0 Å². The summed E-state index contributed by atoms with van der Waals surface area (Å²) in [5.41, 5.74) is 3.82. The molecule has 2 aliphatic rings. The van der Waals surface area contributed by atoms with Crippen LogP contribution in [0.3, 0.4) is 0 Å². The number of amides is 1. The van der Waals surface area contributed by atoms with Crippen molar-refractivity contribution in [1.82, 2.24) is 4.90 Å². The molecule has 1 unspecified atom stereocenters. The fourth-order valence-electron chi connectivity index (χ4n) is 3.54. The average Bonchev–Trinajstić information content (AvgIpc) is 3.20. The van der Waals surface area contributed by atoms with Gasteiger partial charge in [0.15, 0.2) is 0 Å². The first-order chi connectivity index (χ1) is 12.6. The highest BCUT2D eigenvalue weighted by molar-refractivity contribution is 8.00. The summed E-state index contributed by atoms with van der Waals surface area (Å²) in [6, 6.07) is 8.92. The van der Waals surface area contributed by atoms with Crippen LogP contribution in [0.2, 0.25) is 0 Å². The first-order valence-electron chi connectivity index (χ1n) is 8.91. The Labute approximate surface area is 162 Å². The molecule has 2 aliphatic heterocycles. The lowest BCUT2D eigenvalue weighted by molar-refractivity contribution is -0.111. The van der Waals surface area contributed by atoms with Crippen LogP contribution < -0.4 is 10.6 Å². The third-order valence-corrected chi connectivity index (χ3v) is 7.31. The number of hydrogen-bond acceptors (Lipinski definition) is 5. The quantitative estimate of drug-likeness (QED) is 0.738. The monoisotopic (exact) mass is 385 g/mol. The van der Waals surface area contributed by atoms with Crippen molar-refractivity contribution >= 4 is 39.7 Å². The minimum Gasteiger partial charge on any atom is -0.368 e. The Morgan fingerprint density at radius 3 is 2.96 bits per heavy atom. The molecule has 1 amide bonds. The topological polar surface area (TPSA) is 44.4 Å². The molecule has 2 aromatic rings. The number of carbonyl (C=O) groups is 1. The van der Waals surface area contributed by atoms with Gasteiger partial charge in [-0.15, -0.1) is 11.3 Å². The van der Waals surface area contributed by atoms with Crippen LogP contribution in [0.25, 0.3) is 0 Å². The van der Waals surface area contributed by atoms with E-state index in [9.17, 15) is 4.79 Å². The number of hydrogen-bond donors (Lipinski definition) is 2. The predicted octanol–water partition coefficient (Wildman–Crippen LogP) is 4.86. The van der Waals surface area contributed by atoms with E-state index in [1.807, 2.05) is 11.8 Å². The minimum atomic E-state index is -0.147. The number of thioether (sulfide) groups is 1. The highest BCUT2D eigenvalue weighted by Crippen LogP contribution is 2.52. The number of thiophene rings is 1. The van der Waals surface area contributed by atoms with E-state index < -0.39 is 0 Å². The van der Waals surface area contributed by atoms with Crippen molar-refractivity contribution in [1.29, 1.82) is 0 Å². The molecule has 1 aromatic heterocycles. The molecule has 1 atom stereocenters. The lowest BCUT2D eigenvalue weighted by Crippen LogP contribution is -2.35. The lowest BCUT2D eigenvalue weighted by atomic mass is 10.0. The summed E-state index contributed by atoms with van der Waals surface area (Å²) in [6.07, 6.45) is 2.37. The highest BCUT2D eigenvalue weighted by Gasteiger charge is 2.33. The van der Waals surface area contributed by atoms with Gasteiger partial charge < -0.3 is 10.6 Å². The van der Waals surface area contributed by atoms with E-state index in [0.29, 0.717) is 6.04 Å². The number of benzene rings is 1. The number of carbonyl (C=O) groups excluding carboxylic acids is 1. The summed E-state index contributed by atoms with van der Waals surface area (Å²) in [7, 11) is 0. The molecule has 0 radical (unpaired) electrons. The zero-order chi connectivity index (χ0) is 18.3. The Morgan fingerprint density at radius 1 is 1.42 bits per heavy atom. The molecule has 2 N–H and O–H groups in total. The van der Waals surface area contributed by atoms with Crippen molar-refractivity contribution < 1.29 is 4.79 Å². The van der Waals surface area contributed by atoms with Crippen molar-refractivity contribution in [3.8, 4) is 0 Å². The van der Waals surface area contributed by atoms with E-state index in [2.05, 4.69) is 60.2 Å². The first kappa shape index (κ1) is 17.6. The van der Waals surface area contributed by atoms with Gasteiger partial charge in [-0.25, -0.2) is 0 Å². The summed E-state index contributed by atoms with van der Waals surface area (Å²) in [5.74, 6) is -0.147. The van der Waals surface area contributed by atoms with Crippen LogP contribution >= 0.6 is 23.1 Å². The van der Waals surface area contributed by atoms with E-state index in [1.54, 1.807) is 11.3 Å². The van der Waals surface area contributed by atoms with Gasteiger partial charge in [-0.2, -0.15) is 0 Å². The Morgan fingerprint density at radius 2 is 2.23 bits per heavy atom. The summed E-state index contributed by atoms with van der Waals surface area (Å²) in [6.45, 7) is 10.1. The van der Waals surface area contributed by atoms with Gasteiger partial charge in [-0.1, -0.05) is 30.5 Å². The van der Waals surface area contributed by atoms with Crippen molar-refractivity contribution in [2.24, 2.45) is 0 Å². The average molecular weight is 386 g/mol. The van der Waals surface area contributed by atoms with Crippen molar-refractivity contribution in [2.75, 3.05) is 17.2 Å². The molecule has 3 heterocycles. The maximum atomic E-state index is 12.0. The number of nitrogens with one attached hydrogen (secondary N) is 2. The van der Waals surface area contributed by atoms with Gasteiger partial charge in [0.2, 0.25) is 5.91 Å². The van der Waals surface area contributed by atoms with E-state index in [0.717, 1.165) is 24.5 Å². The second-order valence-electron chi connectivity index (χ2n) is 6.89. The molecule has 26 heavy (non-hydrogen) atoms. The van der Waals surface area contributed by atoms with E-state index >= 15 is 0 Å². The fraction of sp³-hybridized carbons (Fsp3) is 0.350. The Bertz CT molecular complexity index is 834. The highest BCUT2D eigenvalue weighted by atomic mass is 32.2. The van der Waals surface area contributed by atoms with Crippen LogP contribution in [-0.4, -0.2) is 23.4 Å². The second kappa shape index (κ2) is 7.10. The first-order valence-corrected chi connectivity index (χ1v) is 10.6. The van der Waals surface area contributed by atoms with Crippen LogP contribution in [0.1, 0.15) is 35.2 Å². The van der Waals surface area contributed by atoms with E-state index in [1.165, 1.54) is 32.7 Å². The molecule has 1 aromatic carbocycles. The van der Waals surface area contributed by atoms with Crippen LogP contribution in [0.15, 0.2) is 41.8 Å². The molecule has 6 heteroatoms. The van der Waals surface area contributed by atoms with Crippen molar-refractivity contribution in [3.05, 3.63) is 52.9 Å². The summed E-state index contributed by atoms with van der Waals surface area (Å²) < 4.78 is 0. The smallest absolute Gasteiger partial charge is 0.248 e. The van der Waals surface area contributed by atoms with Crippen molar-refractivity contribution in [3.63, 3.8) is 0 Å². The van der Waals surface area contributed by atoms with Crippen LogP contribution in [0.4, 0.5) is 10.7 Å². The largest absolute Gasteiger partial charge is 0.368 e. The number of para-hydroxylation sites is 1. The Kier molecular flexibility index (Phi) is 4.82. The van der Waals surface area contributed by atoms with E-state index in [-0.39, 0.29) is 11.3 Å². The summed E-state index contributed by atoms with van der Waals surface area (Å²) in [5, 5.41) is 7.78. The van der Waals surface area contributed by atoms with Crippen molar-refractivity contribution in [2.45, 2.75) is 43.1 Å². The number of rotatable bonds is 4. The zero-order valence-corrected chi connectivity index (χ0v) is 16.7. The van der Waals surface area contributed by atoms with Gasteiger partial charge >= 0.3 is 0 Å². The molecular weight excluding hydrogens is 362 g/mol. The summed E-state index contributed by atoms with van der Waals surface area (Å²) in [4.78, 5) is 17.1. The molecule has 0 spiro atoms. The normalized spacial score (nSPS) is 19.0. The molecule has 0 aliphatic carbocycles. The van der Waals surface area contributed by atoms with E-state index in [4.69, 9.17) is 0 Å². The van der Waals surface area contributed by atoms with Gasteiger partial charge in [-0.05, 0) is 44.0 Å². The molecule has 136 valence electrons. The molecule has 0 fully saturated rings. The Hall–Kier alpha value is -1.76. The van der Waals surface area contributed by atoms with Gasteiger partial charge in [-0.3, -0.25) is 9.69 Å². The van der Waals surface area contributed by atoms with Gasteiger partial charge in [0, 0.05) is 40.2 Å². The minimum absolute atomic E-state index is 0.137. The number of fused-ring (bicyclic) bond motifs is 2.